The molecule has 0 saturated heterocycles. The Morgan fingerprint density at radius 3 is 0.683 bits per heavy atom. The van der Waals surface area contributed by atoms with Gasteiger partial charge in [0, 0.05) is 0 Å². The summed E-state index contributed by atoms with van der Waals surface area (Å²) in [6, 6.07) is 83.4. The highest BCUT2D eigenvalue weighted by Crippen LogP contribution is 2.45. The first-order chi connectivity index (χ1) is 59.3. The molecule has 2 saturated carbocycles. The summed E-state index contributed by atoms with van der Waals surface area (Å²) in [5.41, 5.74) is 43.3. The monoisotopic (exact) mass is 1680 g/mol. The van der Waals surface area contributed by atoms with Crippen LogP contribution in [0.1, 0.15) is 235 Å². The Labute approximate surface area is 767 Å². The molecule has 14 aromatic rings. The van der Waals surface area contributed by atoms with Gasteiger partial charge in [-0.2, -0.15) is 0 Å². The molecular weight excluding hydrogens is 1520 g/mol. The SMILES string of the molecule is CC1C(C)C(C)C1C.CCC1C(C)CC(C)C1C.Cc1cc(C)c(C)cc1C.Cc1cc2cc(C)c(C)cc2cc1C.Cc1cc2cc3cc(C)c(C)cc3cc2cc1C.Cc1ccc(-c2ccc(C)c(C)c2)cc1C.Cc1ccc(C)cc1.Cc1ccc(Cc2ccc(C)c(C)c2)cc1C.Cc1ccc(Oc2ccc(C)c(C)c2)cc1C.Cc1cccc(C)c1. The van der Waals surface area contributed by atoms with Crippen LogP contribution in [0.3, 0.4) is 0 Å². The molecule has 1 nitrogen and oxygen atoms in total. The highest BCUT2D eigenvalue weighted by atomic mass is 16.5. The van der Waals surface area contributed by atoms with E-state index in [-0.39, 0.29) is 0 Å². The fourth-order valence-corrected chi connectivity index (χ4v) is 17.0. The van der Waals surface area contributed by atoms with Gasteiger partial charge in [-0.1, -0.05) is 278 Å². The van der Waals surface area contributed by atoms with Gasteiger partial charge >= 0.3 is 0 Å². The third-order valence-corrected chi connectivity index (χ3v) is 28.5. The van der Waals surface area contributed by atoms with Gasteiger partial charge in [0.05, 0.1) is 0 Å². The van der Waals surface area contributed by atoms with Crippen molar-refractivity contribution >= 4 is 32.3 Å². The van der Waals surface area contributed by atoms with Crippen molar-refractivity contribution < 1.29 is 4.74 Å². The van der Waals surface area contributed by atoms with Crippen LogP contribution in [0.5, 0.6) is 11.5 Å². The van der Waals surface area contributed by atoms with Crippen molar-refractivity contribution in [1.29, 1.82) is 0 Å². The first kappa shape index (κ1) is 103. The molecule has 2 fully saturated rings. The van der Waals surface area contributed by atoms with Gasteiger partial charge in [0.25, 0.3) is 0 Å². The van der Waals surface area contributed by atoms with Crippen molar-refractivity contribution in [3.63, 3.8) is 0 Å². The predicted octanol–water partition coefficient (Wildman–Crippen LogP) is 36.5. The molecule has 4 atom stereocenters. The summed E-state index contributed by atoms with van der Waals surface area (Å²) in [6.07, 6.45) is 3.87. The lowest BCUT2D eigenvalue weighted by Gasteiger charge is -2.45. The summed E-state index contributed by atoms with van der Waals surface area (Å²) >= 11 is 0. The van der Waals surface area contributed by atoms with E-state index in [1.165, 1.54) is 223 Å². The lowest BCUT2D eigenvalue weighted by molar-refractivity contribution is 0.0302. The minimum absolute atomic E-state index is 0.899. The van der Waals surface area contributed by atoms with E-state index in [1.807, 2.05) is 12.1 Å². The number of aryl methyl sites for hydroxylation is 28. The molecule has 1 heteroatoms. The van der Waals surface area contributed by atoms with E-state index >= 15 is 0 Å². The van der Waals surface area contributed by atoms with Gasteiger partial charge in [-0.25, -0.2) is 0 Å². The molecule has 0 bridgehead atoms. The van der Waals surface area contributed by atoms with Crippen LogP contribution in [0.2, 0.25) is 0 Å². The Bertz CT molecular complexity index is 5320. The second-order valence-electron chi connectivity index (χ2n) is 38.7. The van der Waals surface area contributed by atoms with Crippen molar-refractivity contribution in [2.45, 2.75) is 269 Å². The summed E-state index contributed by atoms with van der Waals surface area (Å²) in [6.45, 7) is 79.1. The Morgan fingerprint density at radius 1 is 0.206 bits per heavy atom. The normalized spacial score (nSPS) is 16.3. The van der Waals surface area contributed by atoms with E-state index in [1.54, 1.807) is 0 Å². The fourth-order valence-electron chi connectivity index (χ4n) is 17.0. The van der Waals surface area contributed by atoms with Gasteiger partial charge in [-0.3, -0.25) is 0 Å². The minimum atomic E-state index is 0.899. The van der Waals surface area contributed by atoms with Crippen LogP contribution in [-0.2, 0) is 6.42 Å². The number of rotatable bonds is 6. The molecule has 0 radical (unpaired) electrons. The zero-order valence-corrected chi connectivity index (χ0v) is 85.1. The molecule has 2 aliphatic carbocycles. The molecule has 0 aromatic heterocycles. The molecule has 0 heterocycles. The molecule has 0 amide bonds. The molecule has 666 valence electrons. The van der Waals surface area contributed by atoms with Gasteiger partial charge in [0.15, 0.2) is 0 Å². The van der Waals surface area contributed by atoms with Crippen molar-refractivity contribution in [2.24, 2.45) is 47.3 Å². The first-order valence-corrected chi connectivity index (χ1v) is 46.9. The standard InChI is InChI=1S/C18H18.C17H20.C16H18O.C16H18.C14H16.C10H14.C10H20.C8H10.C8H16.C8H10/c1-11-5-15-9-17-7-13(3)14(4)8-18(17)10-16(15)6-12(11)2;1-12-5-7-16(9-14(12)3)11-17-8-6-13(2)15(4)10-17;1-11-5-7-15(9-13(11)3)17-16-8-6-12(2)14(4)10-16;1-11-5-7-15(9-13(11)3)16-8-6-12(2)14(4)10-16;1-9-5-13-7-11(3)12(4)8-14(13)6-10(9)2;1-7-5-9(3)10(4)6-8(7)2;1-5-10-8(3)6-7(2)9(10)4;1-7-3-5-8(2)6-4-7;1-5-6(2)8(4)7(5)3;1-7-4-3-5-8(2)6-7/h5-10H,1-4H3;5-10H,11H2,1-4H3;5-10H,1-4H3;5-10H,1-4H3;5-8H,1-4H3;5-6H,1-4H3;7-10H,5-6H2,1-4H3;3-6H,1-2H3;5-8H,1-4H3;3-6H,1-2H3. The third-order valence-electron chi connectivity index (χ3n) is 28.5. The molecule has 16 rings (SSSR count). The van der Waals surface area contributed by atoms with Crippen LogP contribution in [-0.4, -0.2) is 0 Å². The average Bonchev–Trinajstić information content (AvgIpc) is 0.796. The van der Waals surface area contributed by atoms with Crippen LogP contribution in [0.4, 0.5) is 0 Å². The first-order valence-electron chi connectivity index (χ1n) is 46.9. The van der Waals surface area contributed by atoms with Crippen LogP contribution < -0.4 is 4.74 Å². The van der Waals surface area contributed by atoms with E-state index in [4.69, 9.17) is 4.74 Å². The molecule has 4 unspecified atom stereocenters. The van der Waals surface area contributed by atoms with Crippen LogP contribution in [0.25, 0.3) is 43.4 Å². The minimum Gasteiger partial charge on any atom is -0.457 e. The van der Waals surface area contributed by atoms with Gasteiger partial charge in [0.1, 0.15) is 11.5 Å². The van der Waals surface area contributed by atoms with E-state index in [9.17, 15) is 0 Å². The van der Waals surface area contributed by atoms with E-state index in [2.05, 4.69) is 468 Å². The van der Waals surface area contributed by atoms with Crippen molar-refractivity contribution in [3.05, 3.63) is 397 Å². The molecule has 0 N–H and O–H groups in total. The van der Waals surface area contributed by atoms with E-state index in [0.29, 0.717) is 0 Å². The number of ether oxygens (including phenoxy) is 1. The highest BCUT2D eigenvalue weighted by Gasteiger charge is 2.38. The van der Waals surface area contributed by atoms with E-state index in [0.717, 1.165) is 65.3 Å². The van der Waals surface area contributed by atoms with Crippen molar-refractivity contribution in [3.8, 4) is 22.6 Å². The topological polar surface area (TPSA) is 9.23 Å². The fraction of sp³-hybridized carbons (Fsp3) is 0.376. The Morgan fingerprint density at radius 2 is 0.452 bits per heavy atom. The summed E-state index contributed by atoms with van der Waals surface area (Å²) in [4.78, 5) is 0. The highest BCUT2D eigenvalue weighted by molar-refractivity contribution is 5.99. The zero-order chi connectivity index (χ0) is 93.4. The molecule has 0 spiro atoms. The van der Waals surface area contributed by atoms with Crippen molar-refractivity contribution in [1.82, 2.24) is 0 Å². The molecular formula is C125H160O. The lowest BCUT2D eigenvalue weighted by Crippen LogP contribution is -2.39. The van der Waals surface area contributed by atoms with Gasteiger partial charge in [-0.05, 0) is 479 Å². The van der Waals surface area contributed by atoms with Gasteiger partial charge in [0.2, 0.25) is 0 Å². The Kier molecular flexibility index (Phi) is 39.1. The zero-order valence-electron chi connectivity index (χ0n) is 85.1. The number of fused-ring (bicyclic) bond motifs is 3. The third kappa shape index (κ3) is 30.5. The lowest BCUT2D eigenvalue weighted by atomic mass is 9.60. The Hall–Kier alpha value is -10.3. The summed E-state index contributed by atoms with van der Waals surface area (Å²) in [7, 11) is 0. The summed E-state index contributed by atoms with van der Waals surface area (Å²) < 4.78 is 5.85. The van der Waals surface area contributed by atoms with Crippen LogP contribution in [0, 0.1) is 241 Å². The Balaban J connectivity index is 0.000000195. The van der Waals surface area contributed by atoms with Crippen LogP contribution >= 0.6 is 0 Å². The maximum absolute atomic E-state index is 5.85. The molecule has 14 aromatic carbocycles. The number of benzene rings is 14. The largest absolute Gasteiger partial charge is 0.457 e. The van der Waals surface area contributed by atoms with Crippen LogP contribution in [0.15, 0.2) is 231 Å². The molecule has 2 aliphatic rings. The quantitative estimate of drug-likeness (QED) is 0.151. The van der Waals surface area contributed by atoms with E-state index < -0.39 is 0 Å². The summed E-state index contributed by atoms with van der Waals surface area (Å²) in [5.74, 6) is 9.64. The average molecular weight is 1680 g/mol. The predicted molar refractivity (Wildman–Crippen MR) is 560 cm³/mol. The molecule has 126 heavy (non-hydrogen) atoms. The smallest absolute Gasteiger partial charge is 0.127 e. The second-order valence-corrected chi connectivity index (χ2v) is 38.7. The van der Waals surface area contributed by atoms with Gasteiger partial charge in [-0.15, -0.1) is 0 Å². The second kappa shape index (κ2) is 48.0. The number of hydrogen-bond acceptors (Lipinski definition) is 1. The number of hydrogen-bond donors (Lipinski definition) is 0. The summed E-state index contributed by atoms with van der Waals surface area (Å²) in [5, 5.41) is 8.08. The maximum Gasteiger partial charge on any atom is 0.127 e. The maximum atomic E-state index is 5.85. The molecule has 0 aliphatic heterocycles. The van der Waals surface area contributed by atoms with Crippen molar-refractivity contribution in [2.75, 3.05) is 0 Å². The van der Waals surface area contributed by atoms with Gasteiger partial charge < -0.3 is 4.74 Å².